The number of aryl methyl sites for hydroxylation is 2. The van der Waals surface area contributed by atoms with E-state index >= 15 is 0 Å². The molecule has 6 heteroatoms. The van der Waals surface area contributed by atoms with Crippen LogP contribution in [0.25, 0.3) is 11.1 Å². The first-order valence-corrected chi connectivity index (χ1v) is 13.6. The van der Waals surface area contributed by atoms with Gasteiger partial charge in [0.2, 0.25) is 0 Å². The summed E-state index contributed by atoms with van der Waals surface area (Å²) < 4.78 is 11.1. The van der Waals surface area contributed by atoms with Crippen molar-refractivity contribution in [3.8, 4) is 16.9 Å². The van der Waals surface area contributed by atoms with Gasteiger partial charge in [0.1, 0.15) is 16.3 Å². The van der Waals surface area contributed by atoms with E-state index in [-0.39, 0.29) is 30.0 Å². The van der Waals surface area contributed by atoms with E-state index in [1.807, 2.05) is 43.5 Å². The second-order valence-electron chi connectivity index (χ2n) is 11.4. The summed E-state index contributed by atoms with van der Waals surface area (Å²) in [5.41, 5.74) is 5.75. The number of carbonyl (C=O) groups is 2. The molecule has 0 atom stereocenters. The van der Waals surface area contributed by atoms with Crippen molar-refractivity contribution in [3.05, 3.63) is 70.1 Å². The average Bonchev–Trinajstić information content (AvgIpc) is 3.19. The highest BCUT2D eigenvalue weighted by molar-refractivity contribution is 7.15. The van der Waals surface area contributed by atoms with Crippen LogP contribution in [0.4, 0.5) is 5.00 Å². The largest absolute Gasteiger partial charge is 0.484 e. The predicted molar refractivity (Wildman–Crippen MR) is 153 cm³/mol. The highest BCUT2D eigenvalue weighted by Gasteiger charge is 2.27. The monoisotopic (exact) mass is 521 g/mol. The summed E-state index contributed by atoms with van der Waals surface area (Å²) in [5.74, 6) is -0.168. The topological polar surface area (TPSA) is 64.6 Å². The minimum atomic E-state index is -0.455. The zero-order chi connectivity index (χ0) is 27.4. The number of esters is 1. The quantitative estimate of drug-likeness (QED) is 0.290. The molecule has 37 heavy (non-hydrogen) atoms. The fourth-order valence-electron chi connectivity index (χ4n) is 4.91. The summed E-state index contributed by atoms with van der Waals surface area (Å²) in [4.78, 5) is 25.6. The highest BCUT2D eigenvalue weighted by atomic mass is 32.1. The van der Waals surface area contributed by atoms with Gasteiger partial charge in [0.25, 0.3) is 5.91 Å². The van der Waals surface area contributed by atoms with Gasteiger partial charge in [-0.25, -0.2) is 4.79 Å². The number of hydrogen-bond donors (Lipinski definition) is 1. The van der Waals surface area contributed by atoms with Crippen LogP contribution in [0.2, 0.25) is 0 Å². The van der Waals surface area contributed by atoms with Crippen molar-refractivity contribution >= 4 is 28.2 Å². The van der Waals surface area contributed by atoms with Crippen LogP contribution < -0.4 is 10.1 Å². The van der Waals surface area contributed by atoms with E-state index in [9.17, 15) is 9.59 Å². The Morgan fingerprint density at radius 3 is 2.22 bits per heavy atom. The lowest BCUT2D eigenvalue weighted by molar-refractivity contribution is -0.118. The molecule has 0 aliphatic heterocycles. The molecule has 0 aliphatic rings. The Labute approximate surface area is 225 Å². The number of nitrogens with one attached hydrogen (secondary N) is 1. The van der Waals surface area contributed by atoms with Gasteiger partial charge in [-0.3, -0.25) is 4.79 Å². The summed E-state index contributed by atoms with van der Waals surface area (Å²) >= 11 is 1.31. The molecule has 0 spiro atoms. The standard InChI is InChI=1S/C31H39NO4S/c1-9-35-29(34)27-25(24-15-10-20(2)16-21(24)3)18-37-28(27)32-26(33)17-36-23-13-11-22(12-14-23)31(7,8)19-30(4,5)6/h10-16,18H,9,17,19H2,1-8H3,(H,32,33). The van der Waals surface area contributed by atoms with Gasteiger partial charge >= 0.3 is 5.97 Å². The fourth-order valence-corrected chi connectivity index (χ4v) is 5.88. The van der Waals surface area contributed by atoms with Crippen LogP contribution in [0.3, 0.4) is 0 Å². The third-order valence-electron chi connectivity index (χ3n) is 6.17. The van der Waals surface area contributed by atoms with Gasteiger partial charge in [-0.1, -0.05) is 70.5 Å². The first-order chi connectivity index (χ1) is 17.3. The molecule has 0 unspecified atom stereocenters. The van der Waals surface area contributed by atoms with Crippen molar-refractivity contribution in [2.75, 3.05) is 18.5 Å². The Bertz CT molecular complexity index is 1250. The van der Waals surface area contributed by atoms with E-state index in [1.54, 1.807) is 6.92 Å². The molecule has 3 rings (SSSR count). The zero-order valence-corrected chi connectivity index (χ0v) is 24.1. The van der Waals surface area contributed by atoms with E-state index in [2.05, 4.69) is 58.1 Å². The minimum Gasteiger partial charge on any atom is -0.484 e. The maximum Gasteiger partial charge on any atom is 0.341 e. The number of benzene rings is 2. The number of amides is 1. The van der Waals surface area contributed by atoms with Crippen molar-refractivity contribution in [2.45, 2.75) is 67.2 Å². The number of thiophene rings is 1. The van der Waals surface area contributed by atoms with Crippen LogP contribution in [0.1, 0.15) is 75.0 Å². The second-order valence-corrected chi connectivity index (χ2v) is 12.3. The maximum absolute atomic E-state index is 12.9. The lowest BCUT2D eigenvalue weighted by Crippen LogP contribution is -2.24. The van der Waals surface area contributed by atoms with Crippen molar-refractivity contribution < 1.29 is 19.1 Å². The van der Waals surface area contributed by atoms with Gasteiger partial charge in [-0.05, 0) is 66.8 Å². The smallest absolute Gasteiger partial charge is 0.341 e. The van der Waals surface area contributed by atoms with Crippen LogP contribution >= 0.6 is 11.3 Å². The van der Waals surface area contributed by atoms with Crippen molar-refractivity contribution in [2.24, 2.45) is 5.41 Å². The van der Waals surface area contributed by atoms with Crippen LogP contribution in [0.5, 0.6) is 5.75 Å². The molecule has 1 heterocycles. The molecule has 1 amide bonds. The number of anilines is 1. The molecule has 0 radical (unpaired) electrons. The molecule has 0 bridgehead atoms. The SMILES string of the molecule is CCOC(=O)c1c(-c2ccc(C)cc2C)csc1NC(=O)COc1ccc(C(C)(C)CC(C)(C)C)cc1. The van der Waals surface area contributed by atoms with Gasteiger partial charge in [0, 0.05) is 10.9 Å². The Morgan fingerprint density at radius 2 is 1.62 bits per heavy atom. The second kappa shape index (κ2) is 11.5. The van der Waals surface area contributed by atoms with E-state index in [0.717, 1.165) is 28.7 Å². The Kier molecular flexibility index (Phi) is 8.85. The molecule has 3 aromatic rings. The summed E-state index contributed by atoms with van der Waals surface area (Å²) in [7, 11) is 0. The Hall–Kier alpha value is -3.12. The van der Waals surface area contributed by atoms with Gasteiger partial charge in [-0.15, -0.1) is 11.3 Å². The zero-order valence-electron chi connectivity index (χ0n) is 23.3. The van der Waals surface area contributed by atoms with E-state index in [1.165, 1.54) is 16.9 Å². The Morgan fingerprint density at radius 1 is 0.946 bits per heavy atom. The number of hydrogen-bond acceptors (Lipinski definition) is 5. The first kappa shape index (κ1) is 28.5. The molecular formula is C31H39NO4S. The molecule has 0 saturated heterocycles. The van der Waals surface area contributed by atoms with E-state index in [4.69, 9.17) is 9.47 Å². The molecule has 198 valence electrons. The molecule has 1 aromatic heterocycles. The summed E-state index contributed by atoms with van der Waals surface area (Å²) in [6, 6.07) is 14.0. The van der Waals surface area contributed by atoms with E-state index < -0.39 is 5.97 Å². The number of ether oxygens (including phenoxy) is 2. The highest BCUT2D eigenvalue weighted by Crippen LogP contribution is 2.38. The number of carbonyl (C=O) groups excluding carboxylic acids is 2. The van der Waals surface area contributed by atoms with E-state index in [0.29, 0.717) is 16.3 Å². The third kappa shape index (κ3) is 7.45. The van der Waals surface area contributed by atoms with Crippen LogP contribution in [0.15, 0.2) is 47.8 Å². The van der Waals surface area contributed by atoms with Crippen molar-refractivity contribution in [3.63, 3.8) is 0 Å². The average molecular weight is 522 g/mol. The molecule has 0 fully saturated rings. The molecule has 0 aliphatic carbocycles. The van der Waals surface area contributed by atoms with Gasteiger partial charge in [0.15, 0.2) is 6.61 Å². The summed E-state index contributed by atoms with van der Waals surface area (Å²) in [5, 5.41) is 5.20. The minimum absolute atomic E-state index is 0.0321. The predicted octanol–water partition coefficient (Wildman–Crippen LogP) is 7.94. The van der Waals surface area contributed by atoms with Gasteiger partial charge in [0.05, 0.1) is 6.61 Å². The molecular weight excluding hydrogens is 482 g/mol. The lowest BCUT2D eigenvalue weighted by Gasteiger charge is -2.33. The van der Waals surface area contributed by atoms with Gasteiger partial charge < -0.3 is 14.8 Å². The van der Waals surface area contributed by atoms with Crippen LogP contribution in [-0.4, -0.2) is 25.1 Å². The van der Waals surface area contributed by atoms with Gasteiger partial charge in [-0.2, -0.15) is 0 Å². The molecule has 5 nitrogen and oxygen atoms in total. The number of rotatable bonds is 9. The lowest BCUT2D eigenvalue weighted by atomic mass is 9.72. The molecule has 1 N–H and O–H groups in total. The third-order valence-corrected chi connectivity index (χ3v) is 7.07. The fraction of sp³-hybridized carbons (Fsp3) is 0.419. The van der Waals surface area contributed by atoms with Crippen LogP contribution in [-0.2, 0) is 14.9 Å². The summed E-state index contributed by atoms with van der Waals surface area (Å²) in [6.45, 7) is 17.1. The summed E-state index contributed by atoms with van der Waals surface area (Å²) in [6.07, 6.45) is 1.05. The van der Waals surface area contributed by atoms with Crippen molar-refractivity contribution in [1.82, 2.24) is 0 Å². The normalized spacial score (nSPS) is 11.8. The Balaban J connectivity index is 1.73. The first-order valence-electron chi connectivity index (χ1n) is 12.7. The van der Waals surface area contributed by atoms with Crippen LogP contribution in [0, 0.1) is 19.3 Å². The van der Waals surface area contributed by atoms with Crippen molar-refractivity contribution in [1.29, 1.82) is 0 Å². The maximum atomic E-state index is 12.9. The molecule has 2 aromatic carbocycles. The molecule has 0 saturated carbocycles.